The Morgan fingerprint density at radius 3 is 2.07 bits per heavy atom. The number of phenolic OH excluding ortho intramolecular Hbond substituents is 6. The summed E-state index contributed by atoms with van der Waals surface area (Å²) in [6, 6.07) is 9.61. The summed E-state index contributed by atoms with van der Waals surface area (Å²) in [5.41, 5.74) is -3.34. The van der Waals surface area contributed by atoms with E-state index in [2.05, 4.69) is 0 Å². The number of allylic oxidation sites excluding steroid dienone is 1. The van der Waals surface area contributed by atoms with Crippen LogP contribution in [0, 0.1) is 0 Å². The Hall–Kier alpha value is -6.43. The van der Waals surface area contributed by atoms with Crippen LogP contribution >= 0.6 is 0 Å². The third kappa shape index (κ3) is 3.74. The van der Waals surface area contributed by atoms with E-state index in [-0.39, 0.29) is 61.5 Å². The van der Waals surface area contributed by atoms with Crippen LogP contribution in [0.25, 0.3) is 39.5 Å². The zero-order valence-corrected chi connectivity index (χ0v) is 22.1. The van der Waals surface area contributed by atoms with Crippen molar-refractivity contribution < 1.29 is 49.0 Å². The van der Waals surface area contributed by atoms with Gasteiger partial charge in [-0.2, -0.15) is 0 Å². The van der Waals surface area contributed by atoms with Crippen molar-refractivity contribution in [1.29, 1.82) is 0 Å². The van der Waals surface area contributed by atoms with E-state index in [1.807, 2.05) is 0 Å². The number of fused-ring (bicyclic) bond motifs is 5. The van der Waals surface area contributed by atoms with Gasteiger partial charge in [-0.15, -0.1) is 0 Å². The highest BCUT2D eigenvalue weighted by Gasteiger charge is 2.55. The molecule has 2 aromatic heterocycles. The molecule has 12 nitrogen and oxygen atoms in total. The van der Waals surface area contributed by atoms with Crippen molar-refractivity contribution in [2.24, 2.45) is 0 Å². The zero-order valence-electron chi connectivity index (χ0n) is 22.1. The van der Waals surface area contributed by atoms with Crippen molar-refractivity contribution in [3.8, 4) is 34.5 Å². The number of rotatable bonds is 3. The van der Waals surface area contributed by atoms with Gasteiger partial charge in [-0.25, -0.2) is 9.59 Å². The van der Waals surface area contributed by atoms with Crippen LogP contribution in [0.15, 0.2) is 84.9 Å². The molecule has 0 bridgehead atoms. The van der Waals surface area contributed by atoms with E-state index in [0.717, 1.165) is 18.2 Å². The molecule has 0 saturated carbocycles. The SMILES string of the molecule is O=C1C=C(/C=C/c2ccc(O)c(O)c2)OC12C(c1cc3oc(=O)c4cc(O)c(O)cc4c3c(=O)o1)=Cc1cc(O)c(O)cc12. The van der Waals surface area contributed by atoms with Gasteiger partial charge in [-0.3, -0.25) is 4.79 Å². The largest absolute Gasteiger partial charge is 0.504 e. The molecule has 3 heterocycles. The monoisotopic (exact) mass is 594 g/mol. The Balaban J connectivity index is 1.39. The second kappa shape index (κ2) is 9.03. The van der Waals surface area contributed by atoms with Gasteiger partial charge in [0.15, 0.2) is 34.5 Å². The highest BCUT2D eigenvalue weighted by atomic mass is 16.5. The number of phenols is 6. The summed E-state index contributed by atoms with van der Waals surface area (Å²) in [5.74, 6) is -3.70. The lowest BCUT2D eigenvalue weighted by Gasteiger charge is -2.27. The molecule has 0 saturated heterocycles. The van der Waals surface area contributed by atoms with Crippen molar-refractivity contribution in [1.82, 2.24) is 0 Å². The second-order valence-electron chi connectivity index (χ2n) is 10.2. The molecule has 5 aromatic rings. The number of hydrogen-bond donors (Lipinski definition) is 6. The Kier molecular flexibility index (Phi) is 5.43. The molecule has 1 spiro atoms. The van der Waals surface area contributed by atoms with Gasteiger partial charge in [0, 0.05) is 23.1 Å². The zero-order chi connectivity index (χ0) is 31.1. The molecule has 0 fully saturated rings. The van der Waals surface area contributed by atoms with Gasteiger partial charge in [0.2, 0.25) is 11.4 Å². The fraction of sp³-hybridized carbons (Fsp3) is 0.0312. The van der Waals surface area contributed by atoms with Crippen molar-refractivity contribution in [3.05, 3.63) is 110 Å². The van der Waals surface area contributed by atoms with Gasteiger partial charge in [0.1, 0.15) is 22.5 Å². The Morgan fingerprint density at radius 2 is 1.32 bits per heavy atom. The van der Waals surface area contributed by atoms with Crippen LogP contribution in [0.1, 0.15) is 22.5 Å². The van der Waals surface area contributed by atoms with E-state index in [9.17, 15) is 45.0 Å². The average Bonchev–Trinajstić information content (AvgIpc) is 3.47. The summed E-state index contributed by atoms with van der Waals surface area (Å²) in [5, 5.41) is 59.3. The van der Waals surface area contributed by atoms with Gasteiger partial charge in [0.25, 0.3) is 0 Å². The third-order valence-corrected chi connectivity index (χ3v) is 7.52. The van der Waals surface area contributed by atoms with E-state index in [4.69, 9.17) is 13.6 Å². The Bertz CT molecular complexity index is 2340. The maximum atomic E-state index is 13.8. The van der Waals surface area contributed by atoms with Crippen LogP contribution < -0.4 is 11.3 Å². The maximum Gasteiger partial charge on any atom is 0.348 e. The van der Waals surface area contributed by atoms with Crippen LogP contribution in [0.2, 0.25) is 0 Å². The lowest BCUT2D eigenvalue weighted by molar-refractivity contribution is -0.125. The van der Waals surface area contributed by atoms with Crippen LogP contribution in [0.3, 0.4) is 0 Å². The standard InChI is InChI=1S/C32H18O12/c33-20-4-2-13(5-21(20)34)1-3-15-8-28(39)32(44-15)18-11-25(38)22(35)7-14(18)6-19(32)26-12-27-29(31(41)42-26)16-9-23(36)24(37)10-17(16)30(40)43-27/h1-12,33-38H/b3-1+. The highest BCUT2D eigenvalue weighted by Crippen LogP contribution is 2.54. The smallest absolute Gasteiger partial charge is 0.348 e. The summed E-state index contributed by atoms with van der Waals surface area (Å²) in [7, 11) is 0. The van der Waals surface area contributed by atoms with Gasteiger partial charge >= 0.3 is 11.3 Å². The van der Waals surface area contributed by atoms with Crippen molar-refractivity contribution in [2.45, 2.75) is 5.60 Å². The summed E-state index contributed by atoms with van der Waals surface area (Å²) >= 11 is 0. The maximum absolute atomic E-state index is 13.8. The Morgan fingerprint density at radius 1 is 0.636 bits per heavy atom. The van der Waals surface area contributed by atoms with Crippen LogP contribution in [0.4, 0.5) is 0 Å². The first-order chi connectivity index (χ1) is 21.0. The average molecular weight is 594 g/mol. The fourth-order valence-corrected chi connectivity index (χ4v) is 5.47. The minimum absolute atomic E-state index is 0.0141. The molecule has 12 heteroatoms. The topological polar surface area (TPSA) is 208 Å². The molecule has 0 amide bonds. The van der Waals surface area contributed by atoms with E-state index >= 15 is 0 Å². The molecule has 1 atom stereocenters. The van der Waals surface area contributed by atoms with Gasteiger partial charge in [0.05, 0.1) is 11.0 Å². The molecule has 1 aliphatic carbocycles. The summed E-state index contributed by atoms with van der Waals surface area (Å²) < 4.78 is 17.2. The molecule has 6 N–H and O–H groups in total. The number of carbonyl (C=O) groups excluding carboxylic acids is 1. The molecule has 7 rings (SSSR count). The number of ketones is 1. The Labute approximate surface area is 244 Å². The molecule has 0 radical (unpaired) electrons. The van der Waals surface area contributed by atoms with Crippen LogP contribution in [-0.4, -0.2) is 36.4 Å². The number of ether oxygens (including phenoxy) is 1. The molecular weight excluding hydrogens is 576 g/mol. The fourth-order valence-electron chi connectivity index (χ4n) is 5.47. The molecular formula is C32H18O12. The van der Waals surface area contributed by atoms with Crippen LogP contribution in [0.5, 0.6) is 34.5 Å². The summed E-state index contributed by atoms with van der Waals surface area (Å²) in [6.07, 6.45) is 5.52. The minimum atomic E-state index is -2.00. The van der Waals surface area contributed by atoms with E-state index in [0.29, 0.717) is 5.56 Å². The summed E-state index contributed by atoms with van der Waals surface area (Å²) in [6.45, 7) is 0. The molecule has 218 valence electrons. The highest BCUT2D eigenvalue weighted by molar-refractivity contribution is 6.16. The van der Waals surface area contributed by atoms with E-state index < -0.39 is 45.6 Å². The lowest BCUT2D eigenvalue weighted by Crippen LogP contribution is -2.33. The number of hydrogen-bond acceptors (Lipinski definition) is 12. The summed E-state index contributed by atoms with van der Waals surface area (Å²) in [4.78, 5) is 39.9. The first-order valence-corrected chi connectivity index (χ1v) is 12.9. The van der Waals surface area contributed by atoms with Crippen molar-refractivity contribution in [3.63, 3.8) is 0 Å². The van der Waals surface area contributed by atoms with Gasteiger partial charge < -0.3 is 44.2 Å². The van der Waals surface area contributed by atoms with Crippen molar-refractivity contribution in [2.75, 3.05) is 0 Å². The predicted molar refractivity (Wildman–Crippen MR) is 154 cm³/mol. The predicted octanol–water partition coefficient (Wildman–Crippen LogP) is 4.08. The minimum Gasteiger partial charge on any atom is -0.504 e. The van der Waals surface area contributed by atoms with E-state index in [1.54, 1.807) is 0 Å². The van der Waals surface area contributed by atoms with Gasteiger partial charge in [-0.1, -0.05) is 12.1 Å². The molecule has 2 aliphatic rings. The quantitative estimate of drug-likeness (QED) is 0.129. The first kappa shape index (κ1) is 26.5. The normalized spacial score (nSPS) is 17.4. The van der Waals surface area contributed by atoms with Crippen molar-refractivity contribution >= 4 is 45.3 Å². The first-order valence-electron chi connectivity index (χ1n) is 12.9. The lowest BCUT2D eigenvalue weighted by atomic mass is 9.85. The third-order valence-electron chi connectivity index (χ3n) is 7.52. The molecule has 1 unspecified atom stereocenters. The number of benzene rings is 3. The van der Waals surface area contributed by atoms with Gasteiger partial charge in [-0.05, 0) is 59.7 Å². The van der Waals surface area contributed by atoms with E-state index in [1.165, 1.54) is 54.6 Å². The second-order valence-corrected chi connectivity index (χ2v) is 10.2. The molecule has 3 aromatic carbocycles. The molecule has 44 heavy (non-hydrogen) atoms. The molecule has 1 aliphatic heterocycles. The number of carbonyl (C=O) groups is 1. The number of aromatic hydroxyl groups is 6. The van der Waals surface area contributed by atoms with Crippen LogP contribution in [-0.2, 0) is 15.1 Å².